The molecule has 2 atom stereocenters. The summed E-state index contributed by atoms with van der Waals surface area (Å²) in [5.41, 5.74) is 1.59. The van der Waals surface area contributed by atoms with Gasteiger partial charge in [0, 0.05) is 12.6 Å². The van der Waals surface area contributed by atoms with Crippen molar-refractivity contribution in [3.8, 4) is 11.5 Å². The van der Waals surface area contributed by atoms with Crippen molar-refractivity contribution in [1.82, 2.24) is 0 Å². The third-order valence-corrected chi connectivity index (χ3v) is 4.11. The number of para-hydroxylation sites is 1. The van der Waals surface area contributed by atoms with Gasteiger partial charge in [-0.25, -0.2) is 0 Å². The van der Waals surface area contributed by atoms with E-state index in [4.69, 9.17) is 14.2 Å². The van der Waals surface area contributed by atoms with E-state index in [1.165, 1.54) is 6.92 Å². The van der Waals surface area contributed by atoms with Crippen molar-refractivity contribution in [3.05, 3.63) is 54.1 Å². The first-order valence-electron chi connectivity index (χ1n) is 7.60. The third kappa shape index (κ3) is 2.27. The molecule has 1 amide bonds. The Hall–Kier alpha value is -3.02. The van der Waals surface area contributed by atoms with E-state index in [0.29, 0.717) is 11.5 Å². The molecule has 1 saturated heterocycles. The number of carbonyl (C=O) groups is 2. The highest BCUT2D eigenvalue weighted by Crippen LogP contribution is 2.43. The summed E-state index contributed by atoms with van der Waals surface area (Å²) in [5, 5.41) is 0. The Bertz CT molecular complexity index is 804. The first-order chi connectivity index (χ1) is 11.6. The first kappa shape index (κ1) is 14.6. The number of hydrogen-bond acceptors (Lipinski definition) is 5. The molecule has 0 saturated carbocycles. The van der Waals surface area contributed by atoms with Crippen LogP contribution in [-0.4, -0.2) is 24.8 Å². The van der Waals surface area contributed by atoms with Gasteiger partial charge in [0.05, 0.1) is 0 Å². The molecule has 2 unspecified atom stereocenters. The first-order valence-corrected chi connectivity index (χ1v) is 7.60. The standard InChI is InChI=1S/C18H15NO5/c1-11(20)24-17-16(12-7-8-14-15(9-12)23-10-22-14)19(18(17)21)13-5-3-2-4-6-13/h2-9,16-17H,10H2,1H3. The van der Waals surface area contributed by atoms with E-state index in [9.17, 15) is 9.59 Å². The van der Waals surface area contributed by atoms with Crippen molar-refractivity contribution < 1.29 is 23.8 Å². The molecule has 6 nitrogen and oxygen atoms in total. The number of esters is 1. The van der Waals surface area contributed by atoms with Crippen molar-refractivity contribution in [2.24, 2.45) is 0 Å². The minimum atomic E-state index is -0.830. The summed E-state index contributed by atoms with van der Waals surface area (Å²) >= 11 is 0. The molecule has 4 rings (SSSR count). The van der Waals surface area contributed by atoms with E-state index in [1.807, 2.05) is 42.5 Å². The Labute approximate surface area is 138 Å². The molecule has 24 heavy (non-hydrogen) atoms. The average molecular weight is 325 g/mol. The molecule has 122 valence electrons. The van der Waals surface area contributed by atoms with Crippen molar-refractivity contribution in [2.45, 2.75) is 19.1 Å². The maximum Gasteiger partial charge on any atom is 0.303 e. The van der Waals surface area contributed by atoms with Crippen LogP contribution in [0.1, 0.15) is 18.5 Å². The summed E-state index contributed by atoms with van der Waals surface area (Å²) in [6, 6.07) is 14.4. The van der Waals surface area contributed by atoms with Crippen LogP contribution in [0.5, 0.6) is 11.5 Å². The molecule has 0 aliphatic carbocycles. The zero-order valence-corrected chi connectivity index (χ0v) is 13.0. The highest BCUT2D eigenvalue weighted by atomic mass is 16.7. The lowest BCUT2D eigenvalue weighted by atomic mass is 9.89. The van der Waals surface area contributed by atoms with E-state index < -0.39 is 18.1 Å². The normalized spacial score (nSPS) is 21.4. The highest BCUT2D eigenvalue weighted by Gasteiger charge is 2.51. The molecule has 2 aliphatic heterocycles. The lowest BCUT2D eigenvalue weighted by Gasteiger charge is -2.46. The summed E-state index contributed by atoms with van der Waals surface area (Å²) in [7, 11) is 0. The molecule has 2 aliphatic rings. The van der Waals surface area contributed by atoms with Crippen LogP contribution in [0.15, 0.2) is 48.5 Å². The van der Waals surface area contributed by atoms with Gasteiger partial charge in [0.25, 0.3) is 5.91 Å². The van der Waals surface area contributed by atoms with Crippen LogP contribution in [0.25, 0.3) is 0 Å². The van der Waals surface area contributed by atoms with Gasteiger partial charge in [0.1, 0.15) is 6.04 Å². The monoisotopic (exact) mass is 325 g/mol. The second-order valence-corrected chi connectivity index (χ2v) is 5.63. The van der Waals surface area contributed by atoms with Crippen LogP contribution < -0.4 is 14.4 Å². The second-order valence-electron chi connectivity index (χ2n) is 5.63. The Balaban J connectivity index is 1.72. The van der Waals surface area contributed by atoms with Crippen LogP contribution in [0.4, 0.5) is 5.69 Å². The SMILES string of the molecule is CC(=O)OC1C(=O)N(c2ccccc2)C1c1ccc2c(c1)OCO2. The Kier molecular flexibility index (Phi) is 3.37. The molecular formula is C18H15NO5. The van der Waals surface area contributed by atoms with Crippen molar-refractivity contribution in [1.29, 1.82) is 0 Å². The minimum absolute atomic E-state index is 0.179. The van der Waals surface area contributed by atoms with E-state index in [1.54, 1.807) is 11.0 Å². The summed E-state index contributed by atoms with van der Waals surface area (Å²) < 4.78 is 16.0. The van der Waals surface area contributed by atoms with Gasteiger partial charge >= 0.3 is 5.97 Å². The number of benzene rings is 2. The number of ether oxygens (including phenoxy) is 3. The topological polar surface area (TPSA) is 65.1 Å². The molecule has 0 radical (unpaired) electrons. The molecule has 2 aromatic rings. The number of β-lactam (4-membered cyclic amide) rings is 1. The average Bonchev–Trinajstić information content (AvgIpc) is 3.05. The van der Waals surface area contributed by atoms with E-state index in [2.05, 4.69) is 0 Å². The fourth-order valence-corrected chi connectivity index (χ4v) is 3.05. The van der Waals surface area contributed by atoms with Crippen LogP contribution in [0.2, 0.25) is 0 Å². The van der Waals surface area contributed by atoms with Gasteiger partial charge in [0.2, 0.25) is 12.9 Å². The lowest BCUT2D eigenvalue weighted by molar-refractivity contribution is -0.160. The van der Waals surface area contributed by atoms with Gasteiger partial charge in [-0.05, 0) is 29.8 Å². The number of hydrogen-bond donors (Lipinski definition) is 0. The number of fused-ring (bicyclic) bond motifs is 1. The smallest absolute Gasteiger partial charge is 0.303 e. The molecule has 2 aromatic carbocycles. The fraction of sp³-hybridized carbons (Fsp3) is 0.222. The van der Waals surface area contributed by atoms with Crippen LogP contribution >= 0.6 is 0 Å². The Morgan fingerprint density at radius 1 is 1.12 bits per heavy atom. The van der Waals surface area contributed by atoms with E-state index in [0.717, 1.165) is 11.3 Å². The summed E-state index contributed by atoms with van der Waals surface area (Å²) in [6.07, 6.45) is -0.830. The molecule has 0 aromatic heterocycles. The quantitative estimate of drug-likeness (QED) is 0.640. The van der Waals surface area contributed by atoms with Crippen LogP contribution in [-0.2, 0) is 14.3 Å². The molecule has 2 heterocycles. The number of nitrogens with zero attached hydrogens (tertiary/aromatic N) is 1. The molecule has 0 N–H and O–H groups in total. The van der Waals surface area contributed by atoms with Crippen LogP contribution in [0.3, 0.4) is 0 Å². The summed E-state index contributed by atoms with van der Waals surface area (Å²) in [4.78, 5) is 25.5. The molecule has 0 spiro atoms. The van der Waals surface area contributed by atoms with Gasteiger partial charge in [-0.3, -0.25) is 14.5 Å². The summed E-state index contributed by atoms with van der Waals surface area (Å²) in [5.74, 6) is 0.576. The van der Waals surface area contributed by atoms with Gasteiger partial charge < -0.3 is 14.2 Å². The van der Waals surface area contributed by atoms with Crippen LogP contribution in [0, 0.1) is 0 Å². The largest absolute Gasteiger partial charge is 0.454 e. The number of rotatable bonds is 3. The predicted octanol–water partition coefficient (Wildman–Crippen LogP) is 2.43. The van der Waals surface area contributed by atoms with Crippen molar-refractivity contribution in [2.75, 3.05) is 11.7 Å². The molecular weight excluding hydrogens is 310 g/mol. The number of anilines is 1. The molecule has 6 heteroatoms. The van der Waals surface area contributed by atoms with Gasteiger partial charge in [0.15, 0.2) is 11.5 Å². The zero-order valence-electron chi connectivity index (χ0n) is 13.0. The summed E-state index contributed by atoms with van der Waals surface area (Å²) in [6.45, 7) is 1.48. The van der Waals surface area contributed by atoms with E-state index >= 15 is 0 Å². The molecule has 1 fully saturated rings. The zero-order chi connectivity index (χ0) is 16.7. The maximum atomic E-state index is 12.5. The third-order valence-electron chi connectivity index (χ3n) is 4.11. The second kappa shape index (κ2) is 5.56. The van der Waals surface area contributed by atoms with Gasteiger partial charge in [-0.1, -0.05) is 24.3 Å². The van der Waals surface area contributed by atoms with Gasteiger partial charge in [-0.2, -0.15) is 0 Å². The van der Waals surface area contributed by atoms with E-state index in [-0.39, 0.29) is 12.7 Å². The molecule has 0 bridgehead atoms. The highest BCUT2D eigenvalue weighted by molar-refractivity contribution is 6.06. The Morgan fingerprint density at radius 2 is 1.88 bits per heavy atom. The lowest BCUT2D eigenvalue weighted by Crippen LogP contribution is -2.60. The number of carbonyl (C=O) groups excluding carboxylic acids is 2. The van der Waals surface area contributed by atoms with Crippen molar-refractivity contribution in [3.63, 3.8) is 0 Å². The van der Waals surface area contributed by atoms with Crippen molar-refractivity contribution >= 4 is 17.6 Å². The number of amides is 1. The Morgan fingerprint density at radius 3 is 2.62 bits per heavy atom. The maximum absolute atomic E-state index is 12.5. The van der Waals surface area contributed by atoms with Gasteiger partial charge in [-0.15, -0.1) is 0 Å². The fourth-order valence-electron chi connectivity index (χ4n) is 3.05. The predicted molar refractivity (Wildman–Crippen MR) is 84.8 cm³/mol. The minimum Gasteiger partial charge on any atom is -0.454 e.